The van der Waals surface area contributed by atoms with Crippen molar-refractivity contribution >= 4 is 39.2 Å². The molecule has 1 aromatic carbocycles. The van der Waals surface area contributed by atoms with Gasteiger partial charge in [0.05, 0.1) is 16.8 Å². The molecule has 5 nitrogen and oxygen atoms in total. The minimum absolute atomic E-state index is 0.365. The van der Waals surface area contributed by atoms with Crippen molar-refractivity contribution in [3.8, 4) is 5.75 Å². The van der Waals surface area contributed by atoms with Crippen LogP contribution in [0.1, 0.15) is 40.0 Å². The lowest BCUT2D eigenvalue weighted by atomic mass is 10.2. The molecule has 0 unspecified atom stereocenters. The summed E-state index contributed by atoms with van der Waals surface area (Å²) >= 11 is 7.34. The van der Waals surface area contributed by atoms with Gasteiger partial charge in [0.25, 0.3) is 0 Å². The maximum Gasteiger partial charge on any atom is 0.407 e. The first kappa shape index (κ1) is 18.8. The molecule has 0 saturated heterocycles. The number of rotatable bonds is 7. The van der Waals surface area contributed by atoms with Crippen molar-refractivity contribution in [1.82, 2.24) is 10.3 Å². The van der Waals surface area contributed by atoms with E-state index in [0.29, 0.717) is 17.6 Å². The number of nitrogens with one attached hydrogen (secondary N) is 1. The number of alkyl carbamates (subject to hydrolysis) is 1. The summed E-state index contributed by atoms with van der Waals surface area (Å²) in [4.78, 5) is 15.7. The molecule has 1 N–H and O–H groups in total. The maximum absolute atomic E-state index is 11.5. The van der Waals surface area contributed by atoms with Crippen LogP contribution >= 0.6 is 22.9 Å². The first-order valence-electron chi connectivity index (χ1n) is 7.99. The van der Waals surface area contributed by atoms with E-state index in [1.165, 1.54) is 11.3 Å². The highest BCUT2D eigenvalue weighted by Gasteiger charge is 2.15. The smallest absolute Gasteiger partial charge is 0.407 e. The number of hydrogen-bond donors (Lipinski definition) is 1. The second kappa shape index (κ2) is 8.53. The van der Waals surface area contributed by atoms with Crippen molar-refractivity contribution in [2.75, 3.05) is 13.2 Å². The number of unbranched alkanes of at least 4 members (excludes halogenated alkanes) is 2. The predicted molar refractivity (Wildman–Crippen MR) is 98.2 cm³/mol. The highest BCUT2D eigenvalue weighted by molar-refractivity contribution is 7.22. The molecule has 7 heteroatoms. The summed E-state index contributed by atoms with van der Waals surface area (Å²) in [6, 6.07) is 5.78. The zero-order valence-corrected chi connectivity index (χ0v) is 15.8. The number of benzene rings is 1. The Morgan fingerprint density at radius 2 is 2.08 bits per heavy atom. The quantitative estimate of drug-likeness (QED) is 0.695. The van der Waals surface area contributed by atoms with Gasteiger partial charge in [-0.2, -0.15) is 0 Å². The van der Waals surface area contributed by atoms with Crippen LogP contribution in [0.5, 0.6) is 5.75 Å². The second-order valence-electron chi connectivity index (χ2n) is 6.43. The van der Waals surface area contributed by atoms with Crippen LogP contribution in [0.15, 0.2) is 18.2 Å². The standard InChI is InChI=1S/C17H23ClN2O3S/c1-17(2,3)23-16(21)19-9-5-4-6-10-22-12-7-8-13-14(11-12)24-15(18)20-13/h7-8,11H,4-6,9-10H2,1-3H3,(H,19,21). The van der Waals surface area contributed by atoms with E-state index in [1.54, 1.807) is 0 Å². The van der Waals surface area contributed by atoms with Gasteiger partial charge in [0.2, 0.25) is 0 Å². The van der Waals surface area contributed by atoms with E-state index >= 15 is 0 Å². The van der Waals surface area contributed by atoms with E-state index in [9.17, 15) is 4.79 Å². The Balaban J connectivity index is 1.58. The molecule has 1 heterocycles. The van der Waals surface area contributed by atoms with E-state index < -0.39 is 5.60 Å². The SMILES string of the molecule is CC(C)(C)OC(=O)NCCCCCOc1ccc2nc(Cl)sc2c1. The lowest BCUT2D eigenvalue weighted by Crippen LogP contribution is -2.33. The van der Waals surface area contributed by atoms with Crippen molar-refractivity contribution in [2.24, 2.45) is 0 Å². The van der Waals surface area contributed by atoms with Gasteiger partial charge in [-0.15, -0.1) is 11.3 Å². The maximum atomic E-state index is 11.5. The normalized spacial score (nSPS) is 11.5. The first-order valence-corrected chi connectivity index (χ1v) is 9.19. The summed E-state index contributed by atoms with van der Waals surface area (Å²) in [5, 5.41) is 2.75. The summed E-state index contributed by atoms with van der Waals surface area (Å²) in [6.45, 7) is 6.80. The molecule has 0 fully saturated rings. The van der Waals surface area contributed by atoms with Crippen LogP contribution in [0.3, 0.4) is 0 Å². The molecule has 0 radical (unpaired) electrons. The summed E-state index contributed by atoms with van der Waals surface area (Å²) in [7, 11) is 0. The minimum Gasteiger partial charge on any atom is -0.494 e. The lowest BCUT2D eigenvalue weighted by Gasteiger charge is -2.19. The second-order valence-corrected chi connectivity index (χ2v) is 8.05. The van der Waals surface area contributed by atoms with Crippen LogP contribution in [0, 0.1) is 0 Å². The Hall–Kier alpha value is -1.53. The number of thiazole rings is 1. The molecule has 1 aromatic heterocycles. The molecular weight excluding hydrogens is 348 g/mol. The minimum atomic E-state index is -0.457. The first-order chi connectivity index (χ1) is 11.3. The van der Waals surface area contributed by atoms with Crippen LogP contribution in [0.4, 0.5) is 4.79 Å². The monoisotopic (exact) mass is 370 g/mol. The topological polar surface area (TPSA) is 60.5 Å². The van der Waals surface area contributed by atoms with E-state index in [-0.39, 0.29) is 6.09 Å². The summed E-state index contributed by atoms with van der Waals surface area (Å²) < 4.78 is 12.5. The highest BCUT2D eigenvalue weighted by atomic mass is 35.5. The van der Waals surface area contributed by atoms with Gasteiger partial charge in [-0.05, 0) is 58.2 Å². The van der Waals surface area contributed by atoms with E-state index in [0.717, 1.165) is 35.2 Å². The Labute approximate surface area is 151 Å². The molecule has 0 aliphatic rings. The van der Waals surface area contributed by atoms with Gasteiger partial charge in [0.1, 0.15) is 11.4 Å². The molecule has 0 aliphatic carbocycles. The number of fused-ring (bicyclic) bond motifs is 1. The van der Waals surface area contributed by atoms with Gasteiger partial charge in [-0.3, -0.25) is 0 Å². The van der Waals surface area contributed by atoms with Crippen LogP contribution in [0.2, 0.25) is 4.47 Å². The summed E-state index contributed by atoms with van der Waals surface area (Å²) in [5.41, 5.74) is 0.437. The van der Waals surface area contributed by atoms with Gasteiger partial charge >= 0.3 is 6.09 Å². The average Bonchev–Trinajstić information content (AvgIpc) is 2.83. The average molecular weight is 371 g/mol. The Morgan fingerprint density at radius 3 is 2.83 bits per heavy atom. The number of aromatic nitrogens is 1. The zero-order valence-electron chi connectivity index (χ0n) is 14.2. The van der Waals surface area contributed by atoms with E-state index in [1.807, 2.05) is 39.0 Å². The number of halogens is 1. The molecule has 0 atom stereocenters. The fourth-order valence-corrected chi connectivity index (χ4v) is 3.12. The fourth-order valence-electron chi connectivity index (χ4n) is 2.07. The Morgan fingerprint density at radius 1 is 1.29 bits per heavy atom. The van der Waals surface area contributed by atoms with Crippen molar-refractivity contribution in [2.45, 2.75) is 45.6 Å². The molecule has 132 valence electrons. The molecule has 0 bridgehead atoms. The lowest BCUT2D eigenvalue weighted by molar-refractivity contribution is 0.0527. The number of ether oxygens (including phenoxy) is 2. The van der Waals surface area contributed by atoms with Gasteiger partial charge in [0, 0.05) is 6.54 Å². The molecule has 0 spiro atoms. The number of carbonyl (C=O) groups excluding carboxylic acids is 1. The number of amides is 1. The van der Waals surface area contributed by atoms with Crippen LogP contribution < -0.4 is 10.1 Å². The van der Waals surface area contributed by atoms with Gasteiger partial charge in [-0.25, -0.2) is 9.78 Å². The number of nitrogens with zero attached hydrogens (tertiary/aromatic N) is 1. The van der Waals surface area contributed by atoms with Gasteiger partial charge < -0.3 is 14.8 Å². The van der Waals surface area contributed by atoms with Gasteiger partial charge in [0.15, 0.2) is 4.47 Å². The molecule has 2 rings (SSSR count). The Bertz CT molecular complexity index is 682. The summed E-state index contributed by atoms with van der Waals surface area (Å²) in [5.74, 6) is 0.828. The molecule has 0 saturated carbocycles. The largest absolute Gasteiger partial charge is 0.494 e. The molecule has 24 heavy (non-hydrogen) atoms. The van der Waals surface area contributed by atoms with Crippen LogP contribution in [-0.4, -0.2) is 29.8 Å². The molecular formula is C17H23ClN2O3S. The molecule has 2 aromatic rings. The zero-order chi connectivity index (χ0) is 17.6. The predicted octanol–water partition coefficient (Wildman–Crippen LogP) is 5.02. The fraction of sp³-hybridized carbons (Fsp3) is 0.529. The van der Waals surface area contributed by atoms with Crippen molar-refractivity contribution in [3.05, 3.63) is 22.7 Å². The van der Waals surface area contributed by atoms with E-state index in [4.69, 9.17) is 21.1 Å². The number of carbonyl (C=O) groups is 1. The third kappa shape index (κ3) is 6.53. The molecule has 0 aliphatic heterocycles. The van der Waals surface area contributed by atoms with E-state index in [2.05, 4.69) is 10.3 Å². The third-order valence-corrected chi connectivity index (χ3v) is 4.21. The summed E-state index contributed by atoms with van der Waals surface area (Å²) in [6.07, 6.45) is 2.43. The Kier molecular flexibility index (Phi) is 6.69. The molecule has 1 amide bonds. The third-order valence-electron chi connectivity index (χ3n) is 3.09. The van der Waals surface area contributed by atoms with Crippen molar-refractivity contribution in [3.63, 3.8) is 0 Å². The van der Waals surface area contributed by atoms with Crippen molar-refractivity contribution < 1.29 is 14.3 Å². The van der Waals surface area contributed by atoms with Crippen molar-refractivity contribution in [1.29, 1.82) is 0 Å². The number of hydrogen-bond acceptors (Lipinski definition) is 5. The van der Waals surface area contributed by atoms with Crippen LogP contribution in [0.25, 0.3) is 10.2 Å². The van der Waals surface area contributed by atoms with Crippen LogP contribution in [-0.2, 0) is 4.74 Å². The highest BCUT2D eigenvalue weighted by Crippen LogP contribution is 2.28. The van der Waals surface area contributed by atoms with Gasteiger partial charge in [-0.1, -0.05) is 11.6 Å².